The van der Waals surface area contributed by atoms with Crippen molar-refractivity contribution in [1.29, 1.82) is 0 Å². The SMILES string of the molecule is CC(C)C[Si](OCC(C)(C)[C@@H](O[Si](C)(C)C(C)(C)C)C(=O)c1cccn1C)(C(C)(C)C)C(C)(C)C. The lowest BCUT2D eigenvalue weighted by Gasteiger charge is -2.53. The molecule has 1 heterocycles. The van der Waals surface area contributed by atoms with E-state index >= 15 is 0 Å². The van der Waals surface area contributed by atoms with Crippen LogP contribution in [0.2, 0.25) is 34.3 Å². The number of carbonyl (C=O) groups is 1. The standard InChI is InChI=1S/C29H57NO3Si2/c1-22(2)20-35(27(6,7)8,28(9,10)11)32-21-29(12,13)25(33-34(15,16)26(3,4)5)24(31)23-18-17-19-30(23)14/h17-19,22,25H,20-21H2,1-16H3/t25-/m0/s1. The van der Waals surface area contributed by atoms with Crippen LogP contribution < -0.4 is 0 Å². The van der Waals surface area contributed by atoms with Gasteiger partial charge >= 0.3 is 0 Å². The normalized spacial score (nSPS) is 15.6. The number of hydrogen-bond acceptors (Lipinski definition) is 3. The number of aryl methyl sites for hydroxylation is 1. The monoisotopic (exact) mass is 523 g/mol. The van der Waals surface area contributed by atoms with Gasteiger partial charge in [-0.2, -0.15) is 0 Å². The number of rotatable bonds is 10. The average Bonchev–Trinajstić information content (AvgIpc) is 3.05. The van der Waals surface area contributed by atoms with E-state index in [1.165, 1.54) is 0 Å². The topological polar surface area (TPSA) is 40.5 Å². The van der Waals surface area contributed by atoms with E-state index in [0.29, 0.717) is 18.2 Å². The van der Waals surface area contributed by atoms with Crippen LogP contribution in [0.5, 0.6) is 0 Å². The maximum Gasteiger partial charge on any atom is 0.207 e. The van der Waals surface area contributed by atoms with Gasteiger partial charge in [0.1, 0.15) is 6.10 Å². The fourth-order valence-electron chi connectivity index (χ4n) is 5.08. The Morgan fingerprint density at radius 1 is 0.914 bits per heavy atom. The number of Topliss-reactive ketones (excluding diaryl/α,β-unsaturated/α-hetero) is 1. The molecule has 0 bridgehead atoms. The smallest absolute Gasteiger partial charge is 0.207 e. The zero-order chi connectivity index (χ0) is 27.8. The maximum absolute atomic E-state index is 14.0. The summed E-state index contributed by atoms with van der Waals surface area (Å²) >= 11 is 0. The predicted octanol–water partition coefficient (Wildman–Crippen LogP) is 8.84. The molecule has 204 valence electrons. The van der Waals surface area contributed by atoms with E-state index in [-0.39, 0.29) is 20.9 Å². The molecule has 0 saturated carbocycles. The molecule has 0 fully saturated rings. The molecule has 4 nitrogen and oxygen atoms in total. The fourth-order valence-corrected chi connectivity index (χ4v) is 12.7. The molecule has 1 aromatic rings. The van der Waals surface area contributed by atoms with Crippen molar-refractivity contribution < 1.29 is 13.6 Å². The first-order chi connectivity index (χ1) is 15.4. The molecule has 1 atom stereocenters. The van der Waals surface area contributed by atoms with Crippen molar-refractivity contribution in [3.63, 3.8) is 0 Å². The fraction of sp³-hybridized carbons (Fsp3) is 0.828. The van der Waals surface area contributed by atoms with Gasteiger partial charge in [0.05, 0.1) is 5.69 Å². The Morgan fingerprint density at radius 3 is 1.74 bits per heavy atom. The van der Waals surface area contributed by atoms with Crippen molar-refractivity contribution in [2.45, 2.75) is 130 Å². The molecule has 1 aromatic heterocycles. The molecule has 0 amide bonds. The highest BCUT2D eigenvalue weighted by Crippen LogP contribution is 2.55. The van der Waals surface area contributed by atoms with Gasteiger partial charge in [0, 0.05) is 25.3 Å². The first kappa shape index (κ1) is 32.3. The maximum atomic E-state index is 14.0. The second-order valence-corrected chi connectivity index (χ2v) is 25.4. The van der Waals surface area contributed by atoms with Crippen LogP contribution in [0.4, 0.5) is 0 Å². The van der Waals surface area contributed by atoms with Gasteiger partial charge in [0.2, 0.25) is 14.1 Å². The van der Waals surface area contributed by atoms with Crippen molar-refractivity contribution in [2.75, 3.05) is 6.61 Å². The minimum absolute atomic E-state index is 0.00362. The summed E-state index contributed by atoms with van der Waals surface area (Å²) in [7, 11) is -2.57. The molecule has 35 heavy (non-hydrogen) atoms. The van der Waals surface area contributed by atoms with Gasteiger partial charge in [-0.15, -0.1) is 0 Å². The number of carbonyl (C=O) groups excluding carboxylic acids is 1. The van der Waals surface area contributed by atoms with Crippen molar-refractivity contribution in [1.82, 2.24) is 4.57 Å². The molecule has 0 N–H and O–H groups in total. The lowest BCUT2D eigenvalue weighted by molar-refractivity contribution is 0.0184. The molecule has 0 aliphatic rings. The van der Waals surface area contributed by atoms with Crippen LogP contribution in [0.1, 0.15) is 100 Å². The van der Waals surface area contributed by atoms with E-state index in [1.807, 2.05) is 29.9 Å². The number of aromatic nitrogens is 1. The minimum Gasteiger partial charge on any atom is -0.415 e. The van der Waals surface area contributed by atoms with Crippen LogP contribution >= 0.6 is 0 Å². The van der Waals surface area contributed by atoms with Crippen LogP contribution in [0.3, 0.4) is 0 Å². The van der Waals surface area contributed by atoms with E-state index < -0.39 is 28.2 Å². The quantitative estimate of drug-likeness (QED) is 0.227. The first-order valence-corrected chi connectivity index (χ1v) is 18.4. The molecular weight excluding hydrogens is 466 g/mol. The Kier molecular flexibility index (Phi) is 9.78. The molecule has 0 spiro atoms. The van der Waals surface area contributed by atoms with E-state index in [4.69, 9.17) is 8.85 Å². The highest BCUT2D eigenvalue weighted by Gasteiger charge is 2.56. The number of nitrogens with zero attached hydrogens (tertiary/aromatic N) is 1. The summed E-state index contributed by atoms with van der Waals surface area (Å²) < 4.78 is 16.1. The van der Waals surface area contributed by atoms with Crippen molar-refractivity contribution in [2.24, 2.45) is 18.4 Å². The van der Waals surface area contributed by atoms with Gasteiger partial charge in [-0.3, -0.25) is 4.79 Å². The molecule has 0 unspecified atom stereocenters. The van der Waals surface area contributed by atoms with E-state index in [2.05, 4.69) is 103 Å². The van der Waals surface area contributed by atoms with Crippen LogP contribution in [-0.4, -0.2) is 39.7 Å². The summed E-state index contributed by atoms with van der Waals surface area (Å²) in [5.74, 6) is 0.603. The minimum atomic E-state index is -2.29. The van der Waals surface area contributed by atoms with Crippen molar-refractivity contribution in [3.05, 3.63) is 24.0 Å². The van der Waals surface area contributed by atoms with Gasteiger partial charge in [-0.1, -0.05) is 90.0 Å². The summed E-state index contributed by atoms with van der Waals surface area (Å²) in [6, 6.07) is 4.93. The van der Waals surface area contributed by atoms with E-state index in [9.17, 15) is 4.79 Å². The Balaban J connectivity index is 3.54. The van der Waals surface area contributed by atoms with Crippen LogP contribution in [-0.2, 0) is 15.9 Å². The first-order valence-electron chi connectivity index (χ1n) is 13.4. The number of ketones is 1. The average molecular weight is 524 g/mol. The molecule has 6 heteroatoms. The highest BCUT2D eigenvalue weighted by molar-refractivity contribution is 6.79. The number of hydrogen-bond donors (Lipinski definition) is 0. The Labute approximate surface area is 219 Å². The predicted molar refractivity (Wildman–Crippen MR) is 156 cm³/mol. The summed E-state index contributed by atoms with van der Waals surface area (Å²) in [6.07, 6.45) is 1.36. The van der Waals surface area contributed by atoms with Gasteiger partial charge in [-0.05, 0) is 52.3 Å². The van der Waals surface area contributed by atoms with E-state index in [0.717, 1.165) is 6.04 Å². The third-order valence-corrected chi connectivity index (χ3v) is 19.5. The molecule has 1 rings (SSSR count). The van der Waals surface area contributed by atoms with Gasteiger partial charge < -0.3 is 13.4 Å². The third-order valence-electron chi connectivity index (χ3n) is 8.17. The van der Waals surface area contributed by atoms with Gasteiger partial charge in [0.25, 0.3) is 0 Å². The lowest BCUT2D eigenvalue weighted by atomic mass is 9.84. The summed E-state index contributed by atoms with van der Waals surface area (Å²) in [5.41, 5.74) is 0.210. The zero-order valence-electron chi connectivity index (χ0n) is 26.0. The van der Waals surface area contributed by atoms with Crippen LogP contribution in [0.25, 0.3) is 0 Å². The molecule has 0 aliphatic carbocycles. The summed E-state index contributed by atoms with van der Waals surface area (Å²) in [4.78, 5) is 14.0. The molecule has 0 saturated heterocycles. The van der Waals surface area contributed by atoms with Crippen molar-refractivity contribution >= 4 is 22.4 Å². The van der Waals surface area contributed by atoms with Gasteiger partial charge in [0.15, 0.2) is 8.32 Å². The molecule has 0 aromatic carbocycles. The summed E-state index contributed by atoms with van der Waals surface area (Å²) in [5, 5.41) is 0.122. The largest absolute Gasteiger partial charge is 0.415 e. The Bertz CT molecular complexity index is 835. The Morgan fingerprint density at radius 2 is 1.40 bits per heavy atom. The summed E-state index contributed by atoms with van der Waals surface area (Å²) in [6.45, 7) is 34.7. The van der Waals surface area contributed by atoms with Crippen LogP contribution in [0, 0.1) is 11.3 Å². The zero-order valence-corrected chi connectivity index (χ0v) is 28.0. The highest BCUT2D eigenvalue weighted by atomic mass is 28.4. The Hall–Kier alpha value is -0.696. The lowest BCUT2D eigenvalue weighted by Crippen LogP contribution is -2.58. The third kappa shape index (κ3) is 7.20. The van der Waals surface area contributed by atoms with Crippen LogP contribution in [0.15, 0.2) is 18.3 Å². The van der Waals surface area contributed by atoms with Gasteiger partial charge in [-0.25, -0.2) is 0 Å². The second kappa shape index (κ2) is 10.6. The van der Waals surface area contributed by atoms with E-state index in [1.54, 1.807) is 0 Å². The molecular formula is C29H57NO3Si2. The van der Waals surface area contributed by atoms with Crippen molar-refractivity contribution in [3.8, 4) is 0 Å². The second-order valence-electron chi connectivity index (χ2n) is 15.3. The molecule has 0 aliphatic heterocycles. The molecule has 0 radical (unpaired) electrons.